The minimum Gasteiger partial charge on any atom is -0.285 e. The van der Waals surface area contributed by atoms with Gasteiger partial charge in [-0.1, -0.05) is 0 Å². The van der Waals surface area contributed by atoms with Gasteiger partial charge in [-0.25, -0.2) is 19.7 Å². The SMILES string of the molecule is O=c1[nH]c(S)nc2c(Br)c(-c3ncccn3)nn12. The van der Waals surface area contributed by atoms with Gasteiger partial charge in [0, 0.05) is 12.4 Å². The van der Waals surface area contributed by atoms with Gasteiger partial charge >= 0.3 is 5.69 Å². The van der Waals surface area contributed by atoms with Gasteiger partial charge in [-0.3, -0.25) is 4.98 Å². The highest BCUT2D eigenvalue weighted by molar-refractivity contribution is 9.10. The van der Waals surface area contributed by atoms with Gasteiger partial charge in [-0.15, -0.1) is 12.6 Å². The third-order valence-corrected chi connectivity index (χ3v) is 3.15. The molecule has 0 aliphatic carbocycles. The monoisotopic (exact) mass is 324 g/mol. The van der Waals surface area contributed by atoms with Crippen LogP contribution >= 0.6 is 28.6 Å². The van der Waals surface area contributed by atoms with Crippen LogP contribution in [0.4, 0.5) is 0 Å². The Kier molecular flexibility index (Phi) is 2.63. The Morgan fingerprint density at radius 2 is 2.06 bits per heavy atom. The number of hydrogen-bond acceptors (Lipinski definition) is 6. The molecule has 3 rings (SSSR count). The summed E-state index contributed by atoms with van der Waals surface area (Å²) in [5.41, 5.74) is 0.395. The van der Waals surface area contributed by atoms with Gasteiger partial charge in [0.2, 0.25) is 0 Å². The van der Waals surface area contributed by atoms with E-state index in [4.69, 9.17) is 0 Å². The number of halogens is 1. The van der Waals surface area contributed by atoms with E-state index in [9.17, 15) is 4.79 Å². The summed E-state index contributed by atoms with van der Waals surface area (Å²) in [4.78, 5) is 26.4. The number of nitrogens with one attached hydrogen (secondary N) is 1. The van der Waals surface area contributed by atoms with Gasteiger partial charge < -0.3 is 0 Å². The van der Waals surface area contributed by atoms with E-state index in [1.54, 1.807) is 18.5 Å². The molecule has 3 heterocycles. The van der Waals surface area contributed by atoms with E-state index in [1.165, 1.54) is 0 Å². The Labute approximate surface area is 114 Å². The van der Waals surface area contributed by atoms with E-state index in [0.29, 0.717) is 21.6 Å². The summed E-state index contributed by atoms with van der Waals surface area (Å²) in [6.07, 6.45) is 3.20. The molecule has 1 N–H and O–H groups in total. The largest absolute Gasteiger partial charge is 0.350 e. The van der Waals surface area contributed by atoms with Crippen LogP contribution in [-0.2, 0) is 0 Å². The maximum atomic E-state index is 11.7. The number of rotatable bonds is 1. The maximum absolute atomic E-state index is 11.7. The average molecular weight is 325 g/mol. The first-order chi connectivity index (χ1) is 8.66. The van der Waals surface area contributed by atoms with Crippen molar-refractivity contribution in [3.05, 3.63) is 33.4 Å². The summed E-state index contributed by atoms with van der Waals surface area (Å²) in [7, 11) is 0. The van der Waals surface area contributed by atoms with E-state index in [2.05, 4.69) is 53.6 Å². The zero-order valence-electron chi connectivity index (χ0n) is 8.70. The van der Waals surface area contributed by atoms with Gasteiger partial charge in [0.15, 0.2) is 16.6 Å². The van der Waals surface area contributed by atoms with Crippen LogP contribution in [0, 0.1) is 0 Å². The minimum atomic E-state index is -0.423. The predicted molar refractivity (Wildman–Crippen MR) is 69.6 cm³/mol. The number of aromatic amines is 1. The average Bonchev–Trinajstić information content (AvgIpc) is 2.69. The molecule has 3 aromatic rings. The zero-order chi connectivity index (χ0) is 12.7. The summed E-state index contributed by atoms with van der Waals surface area (Å²) < 4.78 is 1.69. The lowest BCUT2D eigenvalue weighted by Gasteiger charge is -1.93. The standard InChI is InChI=1S/C9H5BrN6OS/c10-4-5(6-11-2-1-3-12-6)15-16-7(4)13-8(18)14-9(16)17/h1-3H,(H2,13,14,17,18). The molecule has 7 nitrogen and oxygen atoms in total. The summed E-state index contributed by atoms with van der Waals surface area (Å²) in [5, 5.41) is 4.34. The topological polar surface area (TPSA) is 88.8 Å². The smallest absolute Gasteiger partial charge is 0.285 e. The van der Waals surface area contributed by atoms with Crippen LogP contribution < -0.4 is 5.69 Å². The second kappa shape index (κ2) is 4.18. The van der Waals surface area contributed by atoms with Gasteiger partial charge in [-0.05, 0) is 22.0 Å². The third kappa shape index (κ3) is 1.71. The third-order valence-electron chi connectivity index (χ3n) is 2.21. The summed E-state index contributed by atoms with van der Waals surface area (Å²) in [6, 6.07) is 1.70. The van der Waals surface area contributed by atoms with Crippen molar-refractivity contribution in [2.75, 3.05) is 0 Å². The first kappa shape index (κ1) is 11.4. The molecule has 0 saturated carbocycles. The molecule has 0 fully saturated rings. The van der Waals surface area contributed by atoms with Crippen molar-refractivity contribution in [1.82, 2.24) is 29.5 Å². The number of thiol groups is 1. The van der Waals surface area contributed by atoms with E-state index in [-0.39, 0.29) is 5.16 Å². The Bertz CT molecular complexity index is 783. The van der Waals surface area contributed by atoms with Crippen LogP contribution in [0.5, 0.6) is 0 Å². The first-order valence-corrected chi connectivity index (χ1v) is 6.06. The predicted octanol–water partition coefficient (Wildman–Crippen LogP) is 0.926. The molecular formula is C9H5BrN6OS. The molecule has 3 aromatic heterocycles. The Balaban J connectivity index is 2.37. The molecule has 0 aliphatic heterocycles. The van der Waals surface area contributed by atoms with E-state index in [0.717, 1.165) is 4.52 Å². The van der Waals surface area contributed by atoms with Crippen LogP contribution in [-0.4, -0.2) is 29.5 Å². The van der Waals surface area contributed by atoms with Gasteiger partial charge in [-0.2, -0.15) is 9.61 Å². The van der Waals surface area contributed by atoms with Crippen LogP contribution in [0.3, 0.4) is 0 Å². The van der Waals surface area contributed by atoms with Crippen molar-refractivity contribution in [1.29, 1.82) is 0 Å². The fraction of sp³-hybridized carbons (Fsp3) is 0. The van der Waals surface area contributed by atoms with E-state index >= 15 is 0 Å². The van der Waals surface area contributed by atoms with Gasteiger partial charge in [0.25, 0.3) is 0 Å². The van der Waals surface area contributed by atoms with Gasteiger partial charge in [0.05, 0.1) is 4.47 Å². The Hall–Kier alpha value is -1.74. The molecule has 18 heavy (non-hydrogen) atoms. The summed E-state index contributed by atoms with van der Waals surface area (Å²) >= 11 is 7.36. The van der Waals surface area contributed by atoms with Crippen LogP contribution in [0.1, 0.15) is 0 Å². The van der Waals surface area contributed by atoms with Crippen LogP contribution in [0.15, 0.2) is 32.9 Å². The number of fused-ring (bicyclic) bond motifs is 1. The maximum Gasteiger partial charge on any atom is 0.350 e. The molecule has 0 aromatic carbocycles. The molecule has 0 radical (unpaired) electrons. The quantitative estimate of drug-likeness (QED) is 0.650. The van der Waals surface area contributed by atoms with E-state index in [1.807, 2.05) is 0 Å². The lowest BCUT2D eigenvalue weighted by atomic mass is 10.4. The molecule has 0 amide bonds. The zero-order valence-corrected chi connectivity index (χ0v) is 11.2. The molecule has 0 aliphatic rings. The van der Waals surface area contributed by atoms with Crippen molar-refractivity contribution in [2.24, 2.45) is 0 Å². The minimum absolute atomic E-state index is 0.216. The second-order valence-electron chi connectivity index (χ2n) is 3.34. The highest BCUT2D eigenvalue weighted by Crippen LogP contribution is 2.26. The lowest BCUT2D eigenvalue weighted by Crippen LogP contribution is -2.18. The molecule has 9 heteroatoms. The number of aromatic nitrogens is 6. The Morgan fingerprint density at radius 1 is 1.33 bits per heavy atom. The molecule has 0 saturated heterocycles. The molecule has 0 spiro atoms. The molecular weight excluding hydrogens is 320 g/mol. The molecule has 90 valence electrons. The van der Waals surface area contributed by atoms with Crippen molar-refractivity contribution in [2.45, 2.75) is 5.16 Å². The Morgan fingerprint density at radius 3 is 2.78 bits per heavy atom. The number of nitrogens with zero attached hydrogens (tertiary/aromatic N) is 5. The highest BCUT2D eigenvalue weighted by atomic mass is 79.9. The van der Waals surface area contributed by atoms with Crippen molar-refractivity contribution >= 4 is 34.2 Å². The lowest BCUT2D eigenvalue weighted by molar-refractivity contribution is 0.789. The van der Waals surface area contributed by atoms with Crippen molar-refractivity contribution < 1.29 is 0 Å². The van der Waals surface area contributed by atoms with Crippen molar-refractivity contribution in [3.63, 3.8) is 0 Å². The number of H-pyrrole nitrogens is 1. The molecule has 0 unspecified atom stereocenters. The normalized spacial score (nSPS) is 11.0. The van der Waals surface area contributed by atoms with Crippen molar-refractivity contribution in [3.8, 4) is 11.5 Å². The van der Waals surface area contributed by atoms with Gasteiger partial charge in [0.1, 0.15) is 5.69 Å². The number of hydrogen-bond donors (Lipinski definition) is 2. The van der Waals surface area contributed by atoms with Crippen LogP contribution in [0.25, 0.3) is 17.2 Å². The summed E-state index contributed by atoms with van der Waals surface area (Å²) in [5.74, 6) is 0.412. The molecule has 0 atom stereocenters. The van der Waals surface area contributed by atoms with E-state index < -0.39 is 5.69 Å². The molecule has 0 bridgehead atoms. The second-order valence-corrected chi connectivity index (χ2v) is 4.55. The highest BCUT2D eigenvalue weighted by Gasteiger charge is 2.17. The van der Waals surface area contributed by atoms with Crippen LogP contribution in [0.2, 0.25) is 0 Å². The fourth-order valence-electron chi connectivity index (χ4n) is 1.47. The fourth-order valence-corrected chi connectivity index (χ4v) is 2.17. The summed E-state index contributed by atoms with van der Waals surface area (Å²) in [6.45, 7) is 0. The first-order valence-electron chi connectivity index (χ1n) is 4.82.